The molecule has 118 valence electrons. The predicted molar refractivity (Wildman–Crippen MR) is 95.8 cm³/mol. The van der Waals surface area contributed by atoms with Gasteiger partial charge in [-0.15, -0.1) is 0 Å². The van der Waals surface area contributed by atoms with Gasteiger partial charge in [-0.2, -0.15) is 0 Å². The van der Waals surface area contributed by atoms with Crippen LogP contribution in [0.25, 0.3) is 0 Å². The first-order valence-corrected chi connectivity index (χ1v) is 9.73. The Morgan fingerprint density at radius 2 is 1.48 bits per heavy atom. The zero-order valence-corrected chi connectivity index (χ0v) is 14.2. The summed E-state index contributed by atoms with van der Waals surface area (Å²) in [6, 6.07) is 19.4. The topological polar surface area (TPSA) is 34.1 Å². The van der Waals surface area contributed by atoms with Gasteiger partial charge >= 0.3 is 0 Å². The summed E-state index contributed by atoms with van der Waals surface area (Å²) in [6.07, 6.45) is 4.47. The minimum Gasteiger partial charge on any atom is -0.309 e. The lowest BCUT2D eigenvalue weighted by Gasteiger charge is -2.30. The van der Waals surface area contributed by atoms with E-state index in [1.165, 1.54) is 0 Å². The van der Waals surface area contributed by atoms with Crippen LogP contribution >= 0.6 is 7.14 Å². The smallest absolute Gasteiger partial charge is 0.166 e. The largest absolute Gasteiger partial charge is 0.309 e. The van der Waals surface area contributed by atoms with Crippen LogP contribution in [0.4, 0.5) is 0 Å². The van der Waals surface area contributed by atoms with Gasteiger partial charge in [-0.25, -0.2) is 0 Å². The number of hydrogen-bond acceptors (Lipinski definition) is 2. The van der Waals surface area contributed by atoms with Crippen molar-refractivity contribution in [2.45, 2.75) is 19.8 Å². The van der Waals surface area contributed by atoms with E-state index in [0.29, 0.717) is 12.8 Å². The number of hydrogen-bond donors (Lipinski definition) is 0. The highest BCUT2D eigenvalue weighted by Gasteiger charge is 2.35. The predicted octanol–water partition coefficient (Wildman–Crippen LogP) is 4.13. The minimum atomic E-state index is -2.83. The van der Waals surface area contributed by atoms with Gasteiger partial charge in [0, 0.05) is 16.5 Å². The summed E-state index contributed by atoms with van der Waals surface area (Å²) in [4.78, 5) is 11.2. The lowest BCUT2D eigenvalue weighted by atomic mass is 9.85. The number of aldehydes is 1. The van der Waals surface area contributed by atoms with E-state index in [9.17, 15) is 9.36 Å². The van der Waals surface area contributed by atoms with Gasteiger partial charge in [0.05, 0.1) is 0 Å². The Hall–Kier alpha value is -1.92. The van der Waals surface area contributed by atoms with E-state index >= 15 is 0 Å². The van der Waals surface area contributed by atoms with Crippen molar-refractivity contribution in [1.29, 1.82) is 0 Å². The SMILES string of the molecule is C[C@H]1CC(P(=O)(c2ccccc2)c2ccccc2)=CC[C@@H]1C=O. The molecule has 23 heavy (non-hydrogen) atoms. The Labute approximate surface area is 137 Å². The van der Waals surface area contributed by atoms with Crippen LogP contribution in [0.1, 0.15) is 19.8 Å². The highest BCUT2D eigenvalue weighted by Crippen LogP contribution is 2.56. The van der Waals surface area contributed by atoms with Crippen LogP contribution in [0.3, 0.4) is 0 Å². The highest BCUT2D eigenvalue weighted by atomic mass is 31.2. The standard InChI is InChI=1S/C20H21O2P/c1-16-14-20(13-12-17(16)15-21)23(22,18-8-4-2-5-9-18)19-10-6-3-7-11-19/h2-11,13,15-17H,12,14H2,1H3/t16-,17+/m0/s1. The number of carbonyl (C=O) groups is 1. The van der Waals surface area contributed by atoms with Crippen molar-refractivity contribution in [3.8, 4) is 0 Å². The highest BCUT2D eigenvalue weighted by molar-refractivity contribution is 7.82. The van der Waals surface area contributed by atoms with E-state index in [4.69, 9.17) is 0 Å². The molecule has 0 saturated heterocycles. The van der Waals surface area contributed by atoms with E-state index in [0.717, 1.165) is 22.2 Å². The molecule has 0 saturated carbocycles. The number of benzene rings is 2. The summed E-state index contributed by atoms with van der Waals surface area (Å²) >= 11 is 0. The third-order valence-corrected chi connectivity index (χ3v) is 7.93. The quantitative estimate of drug-likeness (QED) is 0.626. The summed E-state index contributed by atoms with van der Waals surface area (Å²) in [5, 5.41) is 2.73. The lowest BCUT2D eigenvalue weighted by Crippen LogP contribution is -2.23. The van der Waals surface area contributed by atoms with Crippen LogP contribution in [0.15, 0.2) is 72.1 Å². The maximum atomic E-state index is 14.2. The van der Waals surface area contributed by atoms with Crippen molar-refractivity contribution in [2.75, 3.05) is 0 Å². The summed E-state index contributed by atoms with van der Waals surface area (Å²) in [6.45, 7) is 2.08. The van der Waals surface area contributed by atoms with Gasteiger partial charge < -0.3 is 9.36 Å². The van der Waals surface area contributed by atoms with Crippen LogP contribution in [0, 0.1) is 11.8 Å². The zero-order chi connectivity index (χ0) is 16.3. The van der Waals surface area contributed by atoms with Crippen molar-refractivity contribution in [3.05, 3.63) is 72.1 Å². The van der Waals surface area contributed by atoms with Crippen LogP contribution in [-0.4, -0.2) is 6.29 Å². The molecule has 3 heteroatoms. The molecule has 2 atom stereocenters. The molecule has 0 unspecified atom stereocenters. The maximum Gasteiger partial charge on any atom is 0.166 e. The normalized spacial score (nSPS) is 21.5. The van der Waals surface area contributed by atoms with Crippen LogP contribution < -0.4 is 10.6 Å². The first-order valence-electron chi connectivity index (χ1n) is 8.02. The molecular formula is C20H21O2P. The van der Waals surface area contributed by atoms with Crippen molar-refractivity contribution >= 4 is 24.0 Å². The molecule has 3 rings (SSSR count). The van der Waals surface area contributed by atoms with E-state index in [1.807, 2.05) is 66.7 Å². The van der Waals surface area contributed by atoms with E-state index in [2.05, 4.69) is 6.92 Å². The molecule has 0 radical (unpaired) electrons. The third kappa shape index (κ3) is 2.96. The first-order chi connectivity index (χ1) is 11.2. The van der Waals surface area contributed by atoms with Crippen LogP contribution in [0.5, 0.6) is 0 Å². The van der Waals surface area contributed by atoms with Crippen LogP contribution in [-0.2, 0) is 9.36 Å². The average Bonchev–Trinajstić information content (AvgIpc) is 2.62. The van der Waals surface area contributed by atoms with Crippen LogP contribution in [0.2, 0.25) is 0 Å². The third-order valence-electron chi connectivity index (χ3n) is 4.71. The number of allylic oxidation sites excluding steroid dienone is 2. The summed E-state index contributed by atoms with van der Waals surface area (Å²) in [5.41, 5.74) is 0. The van der Waals surface area contributed by atoms with Crippen molar-refractivity contribution < 1.29 is 9.36 Å². The Kier molecular flexibility index (Phi) is 4.63. The number of carbonyl (C=O) groups excluding carboxylic acids is 1. The van der Waals surface area contributed by atoms with E-state index in [-0.39, 0.29) is 11.8 Å². The summed E-state index contributed by atoms with van der Waals surface area (Å²) in [7, 11) is -2.83. The lowest BCUT2D eigenvalue weighted by molar-refractivity contribution is -0.112. The van der Waals surface area contributed by atoms with Gasteiger partial charge in [0.2, 0.25) is 0 Å². The molecule has 0 aromatic heterocycles. The Balaban J connectivity index is 2.13. The summed E-state index contributed by atoms with van der Waals surface area (Å²) in [5.74, 6) is 0.270. The molecular weight excluding hydrogens is 303 g/mol. The molecule has 0 bridgehead atoms. The molecule has 0 heterocycles. The fourth-order valence-electron chi connectivity index (χ4n) is 3.27. The molecule has 2 aromatic rings. The maximum absolute atomic E-state index is 14.2. The molecule has 0 fully saturated rings. The van der Waals surface area contributed by atoms with Crippen molar-refractivity contribution in [2.24, 2.45) is 11.8 Å². The molecule has 0 spiro atoms. The molecule has 1 aliphatic rings. The van der Waals surface area contributed by atoms with E-state index in [1.54, 1.807) is 0 Å². The summed E-state index contributed by atoms with van der Waals surface area (Å²) < 4.78 is 14.2. The molecule has 2 nitrogen and oxygen atoms in total. The minimum absolute atomic E-state index is 0.0405. The monoisotopic (exact) mass is 324 g/mol. The van der Waals surface area contributed by atoms with E-state index < -0.39 is 7.14 Å². The fraction of sp³-hybridized carbons (Fsp3) is 0.250. The molecule has 1 aliphatic carbocycles. The second kappa shape index (κ2) is 6.68. The fourth-order valence-corrected chi connectivity index (χ4v) is 6.33. The second-order valence-electron chi connectivity index (χ2n) is 6.19. The van der Waals surface area contributed by atoms with Crippen molar-refractivity contribution in [1.82, 2.24) is 0 Å². The second-order valence-corrected chi connectivity index (χ2v) is 9.02. The van der Waals surface area contributed by atoms with Gasteiger partial charge in [-0.1, -0.05) is 73.7 Å². The van der Waals surface area contributed by atoms with Gasteiger partial charge in [-0.3, -0.25) is 0 Å². The van der Waals surface area contributed by atoms with Gasteiger partial charge in [-0.05, 0) is 24.1 Å². The molecule has 0 aliphatic heterocycles. The molecule has 0 amide bonds. The first kappa shape index (κ1) is 16.0. The van der Waals surface area contributed by atoms with Gasteiger partial charge in [0.15, 0.2) is 7.14 Å². The Bertz CT molecular complexity index is 706. The molecule has 0 N–H and O–H groups in total. The molecule has 2 aromatic carbocycles. The average molecular weight is 324 g/mol. The van der Waals surface area contributed by atoms with Gasteiger partial charge in [0.1, 0.15) is 6.29 Å². The Morgan fingerprint density at radius 3 is 1.91 bits per heavy atom. The Morgan fingerprint density at radius 1 is 0.957 bits per heavy atom. The number of rotatable bonds is 4. The zero-order valence-electron chi connectivity index (χ0n) is 13.3. The van der Waals surface area contributed by atoms with Gasteiger partial charge in [0.25, 0.3) is 0 Å². The van der Waals surface area contributed by atoms with Crippen molar-refractivity contribution in [3.63, 3.8) is 0 Å².